The quantitative estimate of drug-likeness (QED) is 0.696. The van der Waals surface area contributed by atoms with Crippen molar-refractivity contribution in [1.82, 2.24) is 9.97 Å². The minimum atomic E-state index is -3.81. The van der Waals surface area contributed by atoms with E-state index in [1.807, 2.05) is 0 Å². The molecule has 0 spiro atoms. The number of nitrogens with one attached hydrogen (secondary N) is 2. The predicted molar refractivity (Wildman–Crippen MR) is 52.6 cm³/mol. The number of methoxy groups -OCH3 is 1. The van der Waals surface area contributed by atoms with Gasteiger partial charge < -0.3 is 9.72 Å². The van der Waals surface area contributed by atoms with Crippen molar-refractivity contribution in [2.24, 2.45) is 0 Å². The maximum absolute atomic E-state index is 11.5. The van der Waals surface area contributed by atoms with Crippen molar-refractivity contribution in [3.05, 3.63) is 12.4 Å². The Morgan fingerprint density at radius 2 is 2.33 bits per heavy atom. The van der Waals surface area contributed by atoms with Crippen LogP contribution in [-0.4, -0.2) is 36.7 Å². The number of aromatic amines is 1. The van der Waals surface area contributed by atoms with Crippen LogP contribution in [0.3, 0.4) is 0 Å². The van der Waals surface area contributed by atoms with Gasteiger partial charge in [-0.3, -0.25) is 9.52 Å². The highest BCUT2D eigenvalue weighted by Gasteiger charge is 2.29. The molecule has 1 atom stereocenters. The number of hydrogen-bond acceptors (Lipinski definition) is 5. The lowest BCUT2D eigenvalue weighted by Crippen LogP contribution is -2.33. The number of ether oxygens (including phenoxy) is 1. The molecule has 0 fully saturated rings. The lowest BCUT2D eigenvalue weighted by atomic mass is 10.5. The highest BCUT2D eigenvalue weighted by molar-refractivity contribution is 7.94. The minimum absolute atomic E-state index is 0.0609. The average Bonchev–Trinajstić information content (AvgIpc) is 2.67. The molecule has 0 aliphatic carbocycles. The van der Waals surface area contributed by atoms with E-state index in [1.54, 1.807) is 0 Å². The molecule has 15 heavy (non-hydrogen) atoms. The molecule has 2 N–H and O–H groups in total. The van der Waals surface area contributed by atoms with Crippen molar-refractivity contribution in [2.75, 3.05) is 11.8 Å². The van der Waals surface area contributed by atoms with Crippen molar-refractivity contribution in [3.63, 3.8) is 0 Å². The van der Waals surface area contributed by atoms with E-state index >= 15 is 0 Å². The summed E-state index contributed by atoms with van der Waals surface area (Å²) in [5.74, 6) is -0.764. The van der Waals surface area contributed by atoms with Crippen LogP contribution < -0.4 is 4.72 Å². The number of nitrogens with zero attached hydrogens (tertiary/aromatic N) is 1. The molecular formula is C7H11N3O4S. The third kappa shape index (κ3) is 2.69. The zero-order valence-electron chi connectivity index (χ0n) is 8.22. The van der Waals surface area contributed by atoms with Crippen LogP contribution in [0.4, 0.5) is 5.95 Å². The molecule has 1 heterocycles. The Morgan fingerprint density at radius 1 is 1.67 bits per heavy atom. The van der Waals surface area contributed by atoms with Gasteiger partial charge in [-0.2, -0.15) is 0 Å². The number of carbonyl (C=O) groups excluding carboxylic acids is 1. The van der Waals surface area contributed by atoms with Gasteiger partial charge >= 0.3 is 5.97 Å². The normalized spacial score (nSPS) is 13.2. The van der Waals surface area contributed by atoms with Crippen LogP contribution in [0.2, 0.25) is 0 Å². The molecule has 8 heteroatoms. The van der Waals surface area contributed by atoms with Crippen molar-refractivity contribution in [1.29, 1.82) is 0 Å². The zero-order valence-corrected chi connectivity index (χ0v) is 9.04. The second kappa shape index (κ2) is 4.30. The molecule has 0 aromatic carbocycles. The molecular weight excluding hydrogens is 222 g/mol. The molecule has 84 valence electrons. The average molecular weight is 233 g/mol. The molecule has 0 saturated heterocycles. The number of rotatable bonds is 4. The van der Waals surface area contributed by atoms with Gasteiger partial charge in [-0.1, -0.05) is 0 Å². The van der Waals surface area contributed by atoms with Gasteiger partial charge in [0.1, 0.15) is 0 Å². The second-order valence-electron chi connectivity index (χ2n) is 2.75. The fourth-order valence-electron chi connectivity index (χ4n) is 0.837. The summed E-state index contributed by atoms with van der Waals surface area (Å²) in [5, 5.41) is -1.28. The van der Waals surface area contributed by atoms with Crippen molar-refractivity contribution < 1.29 is 17.9 Å². The molecule has 0 saturated carbocycles. The molecule has 1 unspecified atom stereocenters. The third-order valence-corrected chi connectivity index (χ3v) is 3.34. The van der Waals surface area contributed by atoms with E-state index in [9.17, 15) is 13.2 Å². The van der Waals surface area contributed by atoms with E-state index in [0.717, 1.165) is 7.11 Å². The molecule has 1 rings (SSSR count). The minimum Gasteiger partial charge on any atom is -0.468 e. The Bertz CT molecular complexity index is 425. The zero-order chi connectivity index (χ0) is 11.5. The molecule has 0 aliphatic rings. The van der Waals surface area contributed by atoms with Crippen molar-refractivity contribution in [3.8, 4) is 0 Å². The van der Waals surface area contributed by atoms with E-state index in [0.29, 0.717) is 0 Å². The van der Waals surface area contributed by atoms with Crippen LogP contribution in [-0.2, 0) is 19.6 Å². The Kier molecular flexibility index (Phi) is 3.30. The van der Waals surface area contributed by atoms with E-state index in [2.05, 4.69) is 19.4 Å². The Labute approximate surface area is 86.9 Å². The van der Waals surface area contributed by atoms with Gasteiger partial charge in [0, 0.05) is 12.4 Å². The van der Waals surface area contributed by atoms with Gasteiger partial charge in [0.15, 0.2) is 5.25 Å². The first kappa shape index (κ1) is 11.5. The Morgan fingerprint density at radius 3 is 2.80 bits per heavy atom. The summed E-state index contributed by atoms with van der Waals surface area (Å²) in [7, 11) is -2.69. The fraction of sp³-hybridized carbons (Fsp3) is 0.429. The van der Waals surface area contributed by atoms with Crippen LogP contribution in [0, 0.1) is 0 Å². The summed E-state index contributed by atoms with van der Waals surface area (Å²) in [6, 6.07) is 0. The lowest BCUT2D eigenvalue weighted by molar-refractivity contribution is -0.139. The molecule has 7 nitrogen and oxygen atoms in total. The van der Waals surface area contributed by atoms with Gasteiger partial charge in [-0.15, -0.1) is 0 Å². The number of hydrogen-bond donors (Lipinski definition) is 2. The fourth-order valence-corrected chi connectivity index (χ4v) is 1.74. The van der Waals surface area contributed by atoms with Gasteiger partial charge in [0.05, 0.1) is 7.11 Å². The summed E-state index contributed by atoms with van der Waals surface area (Å²) in [6.07, 6.45) is 2.85. The number of anilines is 1. The third-order valence-electron chi connectivity index (χ3n) is 1.74. The van der Waals surface area contributed by atoms with E-state index in [4.69, 9.17) is 0 Å². The van der Waals surface area contributed by atoms with Crippen LogP contribution >= 0.6 is 0 Å². The maximum atomic E-state index is 11.5. The molecule has 1 aromatic rings. The first-order valence-corrected chi connectivity index (χ1v) is 5.61. The highest BCUT2D eigenvalue weighted by atomic mass is 32.2. The lowest BCUT2D eigenvalue weighted by Gasteiger charge is -2.10. The Hall–Kier alpha value is -1.57. The number of carbonyl (C=O) groups is 1. The summed E-state index contributed by atoms with van der Waals surface area (Å²) >= 11 is 0. The van der Waals surface area contributed by atoms with Gasteiger partial charge in [-0.05, 0) is 6.92 Å². The van der Waals surface area contributed by atoms with Crippen LogP contribution in [0.15, 0.2) is 12.4 Å². The number of esters is 1. The smallest absolute Gasteiger partial charge is 0.325 e. The monoisotopic (exact) mass is 233 g/mol. The first-order valence-electron chi connectivity index (χ1n) is 4.06. The number of aromatic nitrogens is 2. The van der Waals surface area contributed by atoms with E-state index in [-0.39, 0.29) is 5.95 Å². The first-order chi connectivity index (χ1) is 6.97. The highest BCUT2D eigenvalue weighted by Crippen LogP contribution is 2.07. The molecule has 1 aromatic heterocycles. The maximum Gasteiger partial charge on any atom is 0.325 e. The van der Waals surface area contributed by atoms with Crippen molar-refractivity contribution >= 4 is 21.9 Å². The van der Waals surface area contributed by atoms with E-state index in [1.165, 1.54) is 19.3 Å². The summed E-state index contributed by atoms with van der Waals surface area (Å²) < 4.78 is 29.5. The van der Waals surface area contributed by atoms with Crippen LogP contribution in [0.1, 0.15) is 6.92 Å². The van der Waals surface area contributed by atoms with E-state index < -0.39 is 21.2 Å². The number of sulfonamides is 1. The van der Waals surface area contributed by atoms with Gasteiger partial charge in [-0.25, -0.2) is 13.4 Å². The molecule has 0 amide bonds. The molecule has 0 aliphatic heterocycles. The topological polar surface area (TPSA) is 101 Å². The summed E-state index contributed by atoms with van der Waals surface area (Å²) in [4.78, 5) is 17.2. The number of imidazole rings is 1. The predicted octanol–water partition coefficient (Wildman–Crippen LogP) is -0.287. The molecule has 0 bridgehead atoms. The summed E-state index contributed by atoms with van der Waals surface area (Å²) in [6.45, 7) is 1.23. The number of H-pyrrole nitrogens is 1. The molecule has 0 radical (unpaired) electrons. The Balaban J connectivity index is 2.80. The standard InChI is InChI=1S/C7H11N3O4S/c1-5(6(11)14-2)15(12,13)10-7-8-3-4-9-7/h3-5H,1-2H3,(H2,8,9,10). The largest absolute Gasteiger partial charge is 0.468 e. The van der Waals surface area contributed by atoms with Gasteiger partial charge in [0.25, 0.3) is 0 Å². The van der Waals surface area contributed by atoms with Crippen LogP contribution in [0.5, 0.6) is 0 Å². The van der Waals surface area contributed by atoms with Crippen LogP contribution in [0.25, 0.3) is 0 Å². The second-order valence-corrected chi connectivity index (χ2v) is 4.75. The van der Waals surface area contributed by atoms with Crippen molar-refractivity contribution in [2.45, 2.75) is 12.2 Å². The summed E-state index contributed by atoms with van der Waals surface area (Å²) in [5.41, 5.74) is 0. The SMILES string of the molecule is COC(=O)C(C)S(=O)(=O)Nc1ncc[nH]1. The van der Waals surface area contributed by atoms with Gasteiger partial charge in [0.2, 0.25) is 16.0 Å².